The summed E-state index contributed by atoms with van der Waals surface area (Å²) >= 11 is 0. The molecule has 1 amide bonds. The molecule has 0 saturated heterocycles. The first-order valence-electron chi connectivity index (χ1n) is 7.86. The Morgan fingerprint density at radius 1 is 1.15 bits per heavy atom. The molecular weight excluding hydrogens is 344 g/mol. The van der Waals surface area contributed by atoms with Crippen molar-refractivity contribution >= 4 is 22.4 Å². The van der Waals surface area contributed by atoms with E-state index in [0.29, 0.717) is 10.8 Å². The Hall–Kier alpha value is -3.29. The quantitative estimate of drug-likeness (QED) is 0.759. The topological polar surface area (TPSA) is 73.2 Å². The fourth-order valence-corrected chi connectivity index (χ4v) is 2.57. The van der Waals surface area contributed by atoms with Gasteiger partial charge in [0.25, 0.3) is 11.5 Å². The minimum atomic E-state index is -3.02. The predicted octanol–water partition coefficient (Wildman–Crippen LogP) is 3.27. The zero-order valence-corrected chi connectivity index (χ0v) is 13.8. The Morgan fingerprint density at radius 3 is 2.50 bits per heavy atom. The maximum absolute atomic E-state index is 12.7. The number of para-hydroxylation sites is 2. The molecule has 0 radical (unpaired) electrons. The molecule has 0 aliphatic carbocycles. The third-order valence-electron chi connectivity index (χ3n) is 3.73. The van der Waals surface area contributed by atoms with E-state index in [1.165, 1.54) is 22.9 Å². The lowest BCUT2D eigenvalue weighted by molar-refractivity contribution is -0.0493. The van der Waals surface area contributed by atoms with Gasteiger partial charge in [-0.05, 0) is 25.1 Å². The predicted molar refractivity (Wildman–Crippen MR) is 92.7 cm³/mol. The van der Waals surface area contributed by atoms with Crippen LogP contribution < -0.4 is 15.6 Å². The number of ether oxygens (including phenoxy) is 1. The van der Waals surface area contributed by atoms with E-state index in [2.05, 4.69) is 15.2 Å². The average Bonchev–Trinajstić information content (AvgIpc) is 2.63. The van der Waals surface area contributed by atoms with Crippen LogP contribution in [-0.2, 0) is 6.54 Å². The van der Waals surface area contributed by atoms with E-state index >= 15 is 0 Å². The van der Waals surface area contributed by atoms with Crippen molar-refractivity contribution in [1.82, 2.24) is 9.78 Å². The number of anilines is 1. The number of fused-ring (bicyclic) bond motifs is 1. The summed E-state index contributed by atoms with van der Waals surface area (Å²) in [5.74, 6) is -0.794. The number of aryl methyl sites for hydroxylation is 1. The van der Waals surface area contributed by atoms with Crippen molar-refractivity contribution in [2.24, 2.45) is 0 Å². The van der Waals surface area contributed by atoms with E-state index in [-0.39, 0.29) is 29.2 Å². The first-order valence-corrected chi connectivity index (χ1v) is 7.86. The molecule has 0 aliphatic heterocycles. The smallest absolute Gasteiger partial charge is 0.387 e. The molecule has 0 aliphatic rings. The van der Waals surface area contributed by atoms with Crippen LogP contribution in [0.1, 0.15) is 17.4 Å². The molecule has 0 bridgehead atoms. The molecule has 26 heavy (non-hydrogen) atoms. The number of amides is 1. The fourth-order valence-electron chi connectivity index (χ4n) is 2.57. The number of hydrogen-bond donors (Lipinski definition) is 1. The zero-order valence-electron chi connectivity index (χ0n) is 13.8. The van der Waals surface area contributed by atoms with Crippen LogP contribution >= 0.6 is 0 Å². The number of benzene rings is 2. The Labute approximate surface area is 147 Å². The highest BCUT2D eigenvalue weighted by molar-refractivity contribution is 6.11. The van der Waals surface area contributed by atoms with Gasteiger partial charge in [0.1, 0.15) is 5.75 Å². The summed E-state index contributed by atoms with van der Waals surface area (Å²) in [6.45, 7) is -1.000. The van der Waals surface area contributed by atoms with E-state index < -0.39 is 12.5 Å². The summed E-state index contributed by atoms with van der Waals surface area (Å²) in [7, 11) is 0. The van der Waals surface area contributed by atoms with Gasteiger partial charge < -0.3 is 10.1 Å². The van der Waals surface area contributed by atoms with Crippen LogP contribution in [0.3, 0.4) is 0 Å². The second-order valence-corrected chi connectivity index (χ2v) is 5.34. The van der Waals surface area contributed by atoms with Crippen LogP contribution in [0.2, 0.25) is 0 Å². The second-order valence-electron chi connectivity index (χ2n) is 5.34. The standard InChI is InChI=1S/C18H15F2N3O3/c1-2-23-17(25)12-8-4-3-7-11(12)15(22-23)16(24)21-13-9-5-6-10-14(13)26-18(19)20/h3-10,18H,2H2,1H3,(H,21,24). The number of carbonyl (C=O) groups excluding carboxylic acids is 1. The molecular formula is C18H15F2N3O3. The molecule has 0 spiro atoms. The van der Waals surface area contributed by atoms with Gasteiger partial charge in [0.05, 0.1) is 11.1 Å². The first kappa shape index (κ1) is 17.5. The summed E-state index contributed by atoms with van der Waals surface area (Å²) in [6, 6.07) is 12.4. The Kier molecular flexibility index (Phi) is 4.92. The van der Waals surface area contributed by atoms with Crippen LogP contribution in [0, 0.1) is 0 Å². The molecule has 134 valence electrons. The molecule has 0 unspecified atom stereocenters. The largest absolute Gasteiger partial charge is 0.433 e. The number of alkyl halides is 2. The molecule has 0 atom stereocenters. The Balaban J connectivity index is 2.04. The lowest BCUT2D eigenvalue weighted by atomic mass is 10.1. The number of nitrogens with one attached hydrogen (secondary N) is 1. The van der Waals surface area contributed by atoms with Gasteiger partial charge in [0.15, 0.2) is 5.69 Å². The van der Waals surface area contributed by atoms with Crippen molar-refractivity contribution in [3.8, 4) is 5.75 Å². The monoisotopic (exact) mass is 359 g/mol. The molecule has 1 N–H and O–H groups in total. The van der Waals surface area contributed by atoms with Crippen LogP contribution in [0.5, 0.6) is 5.75 Å². The highest BCUT2D eigenvalue weighted by atomic mass is 19.3. The SMILES string of the molecule is CCn1nc(C(=O)Nc2ccccc2OC(F)F)c2ccccc2c1=O. The van der Waals surface area contributed by atoms with E-state index in [0.717, 1.165) is 0 Å². The summed E-state index contributed by atoms with van der Waals surface area (Å²) in [6.07, 6.45) is 0. The second kappa shape index (κ2) is 7.30. The normalized spacial score (nSPS) is 10.9. The zero-order chi connectivity index (χ0) is 18.7. The molecule has 1 heterocycles. The number of aromatic nitrogens is 2. The van der Waals surface area contributed by atoms with Gasteiger partial charge in [0, 0.05) is 11.9 Å². The van der Waals surface area contributed by atoms with Crippen LogP contribution in [0.25, 0.3) is 10.8 Å². The van der Waals surface area contributed by atoms with Gasteiger partial charge in [-0.25, -0.2) is 4.68 Å². The Bertz CT molecular complexity index is 1020. The highest BCUT2D eigenvalue weighted by Gasteiger charge is 2.18. The van der Waals surface area contributed by atoms with Gasteiger partial charge in [0.2, 0.25) is 0 Å². The molecule has 1 aromatic heterocycles. The lowest BCUT2D eigenvalue weighted by Gasteiger charge is -2.13. The number of halogens is 2. The van der Waals surface area contributed by atoms with Gasteiger partial charge in [-0.2, -0.15) is 13.9 Å². The maximum Gasteiger partial charge on any atom is 0.387 e. The van der Waals surface area contributed by atoms with Gasteiger partial charge in [-0.15, -0.1) is 0 Å². The summed E-state index contributed by atoms with van der Waals surface area (Å²) < 4.78 is 30.6. The Morgan fingerprint density at radius 2 is 1.81 bits per heavy atom. The van der Waals surface area contributed by atoms with Crippen molar-refractivity contribution in [2.75, 3.05) is 5.32 Å². The number of rotatable bonds is 5. The van der Waals surface area contributed by atoms with Crippen molar-refractivity contribution in [3.05, 3.63) is 64.6 Å². The minimum absolute atomic E-state index is 0.0221. The van der Waals surface area contributed by atoms with Crippen LogP contribution in [0.4, 0.5) is 14.5 Å². The lowest BCUT2D eigenvalue weighted by Crippen LogP contribution is -2.27. The number of nitrogens with zero attached hydrogens (tertiary/aromatic N) is 2. The van der Waals surface area contributed by atoms with Crippen molar-refractivity contribution < 1.29 is 18.3 Å². The van der Waals surface area contributed by atoms with E-state index in [1.54, 1.807) is 37.3 Å². The van der Waals surface area contributed by atoms with Crippen molar-refractivity contribution in [3.63, 3.8) is 0 Å². The fraction of sp³-hybridized carbons (Fsp3) is 0.167. The van der Waals surface area contributed by atoms with E-state index in [9.17, 15) is 18.4 Å². The van der Waals surface area contributed by atoms with Crippen molar-refractivity contribution in [2.45, 2.75) is 20.1 Å². The summed E-state index contributed by atoms with van der Waals surface area (Å²) in [5, 5.41) is 7.36. The minimum Gasteiger partial charge on any atom is -0.433 e. The maximum atomic E-state index is 12.7. The number of carbonyl (C=O) groups is 1. The molecule has 3 aromatic rings. The summed E-state index contributed by atoms with van der Waals surface area (Å²) in [4.78, 5) is 25.0. The van der Waals surface area contributed by atoms with E-state index in [1.807, 2.05) is 0 Å². The van der Waals surface area contributed by atoms with Gasteiger partial charge in [-0.3, -0.25) is 9.59 Å². The van der Waals surface area contributed by atoms with Gasteiger partial charge in [-0.1, -0.05) is 30.3 Å². The molecule has 0 saturated carbocycles. The summed E-state index contributed by atoms with van der Waals surface area (Å²) in [5.41, 5.74) is -0.201. The molecule has 0 fully saturated rings. The highest BCUT2D eigenvalue weighted by Crippen LogP contribution is 2.26. The molecule has 3 rings (SSSR count). The molecule has 6 nitrogen and oxygen atoms in total. The third-order valence-corrected chi connectivity index (χ3v) is 3.73. The average molecular weight is 359 g/mol. The first-order chi connectivity index (χ1) is 12.5. The number of hydrogen-bond acceptors (Lipinski definition) is 4. The van der Waals surface area contributed by atoms with Crippen molar-refractivity contribution in [1.29, 1.82) is 0 Å². The van der Waals surface area contributed by atoms with Crippen LogP contribution in [0.15, 0.2) is 53.3 Å². The molecule has 2 aromatic carbocycles. The molecule has 8 heteroatoms. The third kappa shape index (κ3) is 3.39. The van der Waals surface area contributed by atoms with Crippen LogP contribution in [-0.4, -0.2) is 22.3 Å². The van der Waals surface area contributed by atoms with Gasteiger partial charge >= 0.3 is 6.61 Å². The van der Waals surface area contributed by atoms with E-state index in [4.69, 9.17) is 0 Å².